The Morgan fingerprint density at radius 2 is 2.00 bits per heavy atom. The summed E-state index contributed by atoms with van der Waals surface area (Å²) in [5.74, 6) is 1.70. The van der Waals surface area contributed by atoms with Gasteiger partial charge in [0.2, 0.25) is 0 Å². The summed E-state index contributed by atoms with van der Waals surface area (Å²) in [6, 6.07) is 5.56. The van der Waals surface area contributed by atoms with Crippen molar-refractivity contribution in [3.05, 3.63) is 39.0 Å². The smallest absolute Gasteiger partial charge is 0.260 e. The summed E-state index contributed by atoms with van der Waals surface area (Å²) in [5.41, 5.74) is 1.85. The number of nitrogens with zero attached hydrogens (tertiary/aromatic N) is 1. The van der Waals surface area contributed by atoms with E-state index >= 15 is 0 Å². The van der Waals surface area contributed by atoms with Crippen molar-refractivity contribution in [2.24, 2.45) is 0 Å². The fourth-order valence-corrected chi connectivity index (χ4v) is 4.63. The Labute approximate surface area is 143 Å². The number of H-pyrrole nitrogens is 1. The molecule has 1 aliphatic rings. The van der Waals surface area contributed by atoms with Gasteiger partial charge in [-0.3, -0.25) is 4.79 Å². The first-order chi connectivity index (χ1) is 11.7. The number of aromatic amines is 1. The minimum Gasteiger partial charge on any atom is -0.493 e. The van der Waals surface area contributed by atoms with Crippen molar-refractivity contribution in [3.8, 4) is 22.9 Å². The Hall–Kier alpha value is -2.34. The molecule has 0 saturated carbocycles. The summed E-state index contributed by atoms with van der Waals surface area (Å²) >= 11 is 1.64. The van der Waals surface area contributed by atoms with Crippen molar-refractivity contribution in [2.75, 3.05) is 14.2 Å². The molecule has 124 valence electrons. The van der Waals surface area contributed by atoms with E-state index in [9.17, 15) is 4.79 Å². The molecule has 0 fully saturated rings. The number of hydrogen-bond acceptors (Lipinski definition) is 5. The van der Waals surface area contributed by atoms with Gasteiger partial charge in [0.15, 0.2) is 11.5 Å². The quantitative estimate of drug-likeness (QED) is 0.791. The molecule has 3 aromatic rings. The van der Waals surface area contributed by atoms with Gasteiger partial charge in [-0.25, -0.2) is 4.98 Å². The van der Waals surface area contributed by atoms with Crippen molar-refractivity contribution in [2.45, 2.75) is 25.7 Å². The summed E-state index contributed by atoms with van der Waals surface area (Å²) in [7, 11) is 3.18. The maximum Gasteiger partial charge on any atom is 0.260 e. The minimum absolute atomic E-state index is 0.0701. The van der Waals surface area contributed by atoms with E-state index in [1.165, 1.54) is 16.9 Å². The monoisotopic (exact) mass is 342 g/mol. The van der Waals surface area contributed by atoms with Crippen molar-refractivity contribution >= 4 is 21.6 Å². The Balaban J connectivity index is 1.95. The topological polar surface area (TPSA) is 64.2 Å². The molecule has 24 heavy (non-hydrogen) atoms. The molecule has 0 aliphatic heterocycles. The zero-order valence-electron chi connectivity index (χ0n) is 13.6. The molecule has 0 saturated heterocycles. The third-order valence-corrected chi connectivity index (χ3v) is 5.67. The van der Waals surface area contributed by atoms with E-state index < -0.39 is 0 Å². The molecule has 0 bridgehead atoms. The maximum atomic E-state index is 12.7. The van der Waals surface area contributed by atoms with Crippen LogP contribution in [0.2, 0.25) is 0 Å². The number of nitrogens with one attached hydrogen (secondary N) is 1. The first-order valence-corrected chi connectivity index (χ1v) is 8.80. The van der Waals surface area contributed by atoms with Gasteiger partial charge in [-0.1, -0.05) is 6.07 Å². The molecule has 0 amide bonds. The summed E-state index contributed by atoms with van der Waals surface area (Å²) in [6.07, 6.45) is 4.35. The maximum absolute atomic E-state index is 12.7. The molecule has 1 aromatic carbocycles. The molecule has 5 nitrogen and oxygen atoms in total. The molecule has 6 heteroatoms. The number of aromatic nitrogens is 2. The van der Waals surface area contributed by atoms with Crippen LogP contribution < -0.4 is 15.0 Å². The Bertz CT molecular complexity index is 974. The third kappa shape index (κ3) is 2.29. The molecule has 2 heterocycles. The second-order valence-corrected chi connectivity index (χ2v) is 6.93. The number of methoxy groups -OCH3 is 2. The van der Waals surface area contributed by atoms with Gasteiger partial charge in [0.25, 0.3) is 5.56 Å². The highest BCUT2D eigenvalue weighted by atomic mass is 32.1. The Kier molecular flexibility index (Phi) is 3.76. The van der Waals surface area contributed by atoms with Gasteiger partial charge >= 0.3 is 0 Å². The van der Waals surface area contributed by atoms with Gasteiger partial charge in [0.1, 0.15) is 10.7 Å². The number of benzene rings is 1. The number of ether oxygens (including phenoxy) is 2. The van der Waals surface area contributed by atoms with E-state index in [0.29, 0.717) is 17.3 Å². The van der Waals surface area contributed by atoms with Gasteiger partial charge in [-0.05, 0) is 43.4 Å². The van der Waals surface area contributed by atoms with Gasteiger partial charge in [-0.15, -0.1) is 11.3 Å². The van der Waals surface area contributed by atoms with E-state index in [2.05, 4.69) is 4.98 Å². The SMILES string of the molecule is COc1cccc(-c2nc3sc4c(c3c(=O)[nH]2)CCCC4)c1OC. The number of aryl methyl sites for hydroxylation is 2. The fourth-order valence-electron chi connectivity index (χ4n) is 3.37. The van der Waals surface area contributed by atoms with Crippen LogP contribution in [0.25, 0.3) is 21.6 Å². The van der Waals surface area contributed by atoms with E-state index in [1.807, 2.05) is 18.2 Å². The van der Waals surface area contributed by atoms with Crippen LogP contribution in [0.5, 0.6) is 11.5 Å². The molecule has 0 spiro atoms. The minimum atomic E-state index is -0.0701. The molecule has 1 N–H and O–H groups in total. The normalized spacial score (nSPS) is 13.8. The second-order valence-electron chi connectivity index (χ2n) is 5.85. The lowest BCUT2D eigenvalue weighted by Gasteiger charge is -2.12. The van der Waals surface area contributed by atoms with Crippen LogP contribution in [0.15, 0.2) is 23.0 Å². The predicted molar refractivity (Wildman–Crippen MR) is 95.4 cm³/mol. The molecular weight excluding hydrogens is 324 g/mol. The highest BCUT2D eigenvalue weighted by molar-refractivity contribution is 7.18. The van der Waals surface area contributed by atoms with E-state index in [1.54, 1.807) is 25.6 Å². The van der Waals surface area contributed by atoms with Gasteiger partial charge in [-0.2, -0.15) is 0 Å². The lowest BCUT2D eigenvalue weighted by Crippen LogP contribution is -2.11. The van der Waals surface area contributed by atoms with Crippen LogP contribution in [0.1, 0.15) is 23.3 Å². The predicted octanol–water partition coefficient (Wildman–Crippen LogP) is 3.55. The van der Waals surface area contributed by atoms with Crippen molar-refractivity contribution in [1.82, 2.24) is 9.97 Å². The van der Waals surface area contributed by atoms with Crippen LogP contribution in [-0.2, 0) is 12.8 Å². The van der Waals surface area contributed by atoms with Crippen LogP contribution in [0.4, 0.5) is 0 Å². The lowest BCUT2D eigenvalue weighted by molar-refractivity contribution is 0.356. The molecule has 0 radical (unpaired) electrons. The van der Waals surface area contributed by atoms with Crippen molar-refractivity contribution < 1.29 is 9.47 Å². The largest absolute Gasteiger partial charge is 0.493 e. The average molecular weight is 342 g/mol. The first kappa shape index (κ1) is 15.2. The summed E-state index contributed by atoms with van der Waals surface area (Å²) in [4.78, 5) is 22.5. The van der Waals surface area contributed by atoms with Crippen molar-refractivity contribution in [3.63, 3.8) is 0 Å². The standard InChI is InChI=1S/C18H18N2O3S/c1-22-12-8-5-7-11(15(12)23-2)16-19-17(21)14-10-6-3-4-9-13(10)24-18(14)20-16/h5,7-8H,3-4,6,9H2,1-2H3,(H,19,20,21). The summed E-state index contributed by atoms with van der Waals surface area (Å²) in [5, 5.41) is 0.764. The Morgan fingerprint density at radius 1 is 1.17 bits per heavy atom. The zero-order valence-corrected chi connectivity index (χ0v) is 14.5. The summed E-state index contributed by atoms with van der Waals surface area (Å²) in [6.45, 7) is 0. The zero-order chi connectivity index (χ0) is 16.7. The molecule has 2 aromatic heterocycles. The van der Waals surface area contributed by atoms with E-state index in [0.717, 1.165) is 35.0 Å². The van der Waals surface area contributed by atoms with Gasteiger partial charge in [0.05, 0.1) is 25.2 Å². The Morgan fingerprint density at radius 3 is 2.79 bits per heavy atom. The number of para-hydroxylation sites is 1. The van der Waals surface area contributed by atoms with E-state index in [-0.39, 0.29) is 5.56 Å². The molecular formula is C18H18N2O3S. The average Bonchev–Trinajstić information content (AvgIpc) is 2.99. The fraction of sp³-hybridized carbons (Fsp3) is 0.333. The first-order valence-electron chi connectivity index (χ1n) is 7.99. The number of fused-ring (bicyclic) bond motifs is 3. The second kappa shape index (κ2) is 5.94. The lowest BCUT2D eigenvalue weighted by atomic mass is 9.97. The molecule has 0 atom stereocenters. The van der Waals surface area contributed by atoms with Crippen LogP contribution in [-0.4, -0.2) is 24.2 Å². The van der Waals surface area contributed by atoms with Crippen LogP contribution in [0.3, 0.4) is 0 Å². The highest BCUT2D eigenvalue weighted by Gasteiger charge is 2.21. The van der Waals surface area contributed by atoms with Crippen LogP contribution in [0, 0.1) is 0 Å². The molecule has 1 aliphatic carbocycles. The van der Waals surface area contributed by atoms with Gasteiger partial charge in [0, 0.05) is 4.88 Å². The van der Waals surface area contributed by atoms with Crippen molar-refractivity contribution in [1.29, 1.82) is 0 Å². The summed E-state index contributed by atoms with van der Waals surface area (Å²) < 4.78 is 10.8. The molecule has 0 unspecified atom stereocenters. The number of thiophene rings is 1. The number of rotatable bonds is 3. The number of hydrogen-bond donors (Lipinski definition) is 1. The van der Waals surface area contributed by atoms with Crippen LogP contribution >= 0.6 is 11.3 Å². The van der Waals surface area contributed by atoms with Gasteiger partial charge < -0.3 is 14.5 Å². The molecule has 4 rings (SSSR count). The highest BCUT2D eigenvalue weighted by Crippen LogP contribution is 2.38. The van der Waals surface area contributed by atoms with E-state index in [4.69, 9.17) is 14.5 Å². The third-order valence-electron chi connectivity index (χ3n) is 4.48.